The van der Waals surface area contributed by atoms with Gasteiger partial charge in [0.25, 0.3) is 0 Å². The first-order valence-corrected chi connectivity index (χ1v) is 6.73. The van der Waals surface area contributed by atoms with Gasteiger partial charge in [-0.15, -0.1) is 0 Å². The second-order valence-corrected chi connectivity index (χ2v) is 5.20. The quantitative estimate of drug-likeness (QED) is 0.841. The van der Waals surface area contributed by atoms with Gasteiger partial charge in [-0.1, -0.05) is 0 Å². The van der Waals surface area contributed by atoms with Crippen LogP contribution in [0.2, 0.25) is 0 Å². The number of ketones is 1. The second-order valence-electron chi connectivity index (χ2n) is 5.20. The fourth-order valence-electron chi connectivity index (χ4n) is 2.33. The highest BCUT2D eigenvalue weighted by Gasteiger charge is 2.21. The number of carbonyl (C=O) groups excluding carboxylic acids is 1. The van der Waals surface area contributed by atoms with E-state index >= 15 is 0 Å². The van der Waals surface area contributed by atoms with Crippen LogP contribution in [0.5, 0.6) is 0 Å². The first-order chi connectivity index (χ1) is 9.06. The molecule has 0 bridgehead atoms. The van der Waals surface area contributed by atoms with Crippen molar-refractivity contribution in [3.8, 4) is 0 Å². The molecule has 1 atom stereocenters. The Morgan fingerprint density at radius 1 is 1.63 bits per heavy atom. The molecule has 0 aromatic carbocycles. The molecule has 0 amide bonds. The third-order valence-corrected chi connectivity index (χ3v) is 3.66. The Morgan fingerprint density at radius 2 is 2.42 bits per heavy atom. The third kappa shape index (κ3) is 3.64. The van der Waals surface area contributed by atoms with Crippen LogP contribution < -0.4 is 5.73 Å². The third-order valence-electron chi connectivity index (χ3n) is 3.66. The number of nitrogens with two attached hydrogens (primary N) is 1. The zero-order valence-electron chi connectivity index (χ0n) is 11.6. The number of nitrogen functional groups attached to an aromatic ring is 1. The molecule has 0 aliphatic carbocycles. The highest BCUT2D eigenvalue weighted by molar-refractivity contribution is 5.95. The SMILES string of the molecule is Cc1ncc(/C=C\C(=O)CN2CCC[C@@H]2C)cc1N. The molecule has 1 aliphatic rings. The first-order valence-electron chi connectivity index (χ1n) is 6.73. The van der Waals surface area contributed by atoms with Crippen LogP contribution in [0, 0.1) is 6.92 Å². The van der Waals surface area contributed by atoms with Crippen LogP contribution in [0.4, 0.5) is 5.69 Å². The monoisotopic (exact) mass is 259 g/mol. The number of hydrogen-bond acceptors (Lipinski definition) is 4. The van der Waals surface area contributed by atoms with E-state index in [-0.39, 0.29) is 5.78 Å². The van der Waals surface area contributed by atoms with Crippen LogP contribution in [0.1, 0.15) is 31.0 Å². The molecule has 0 unspecified atom stereocenters. The lowest BCUT2D eigenvalue weighted by Crippen LogP contribution is -2.31. The van der Waals surface area contributed by atoms with E-state index < -0.39 is 0 Å². The van der Waals surface area contributed by atoms with Gasteiger partial charge in [0, 0.05) is 12.2 Å². The van der Waals surface area contributed by atoms with Crippen molar-refractivity contribution in [2.75, 3.05) is 18.8 Å². The van der Waals surface area contributed by atoms with E-state index in [2.05, 4.69) is 16.8 Å². The van der Waals surface area contributed by atoms with E-state index in [0.29, 0.717) is 18.3 Å². The van der Waals surface area contributed by atoms with Gasteiger partial charge in [0.15, 0.2) is 5.78 Å². The van der Waals surface area contributed by atoms with Crippen molar-refractivity contribution >= 4 is 17.5 Å². The highest BCUT2D eigenvalue weighted by Crippen LogP contribution is 2.16. The lowest BCUT2D eigenvalue weighted by atomic mass is 10.2. The van der Waals surface area contributed by atoms with E-state index in [0.717, 1.165) is 17.8 Å². The summed E-state index contributed by atoms with van der Waals surface area (Å²) in [6, 6.07) is 2.36. The van der Waals surface area contributed by atoms with Gasteiger partial charge in [-0.2, -0.15) is 0 Å². The maximum atomic E-state index is 11.9. The summed E-state index contributed by atoms with van der Waals surface area (Å²) < 4.78 is 0. The summed E-state index contributed by atoms with van der Waals surface area (Å²) >= 11 is 0. The van der Waals surface area contributed by atoms with E-state index in [1.165, 1.54) is 12.8 Å². The van der Waals surface area contributed by atoms with E-state index in [9.17, 15) is 4.79 Å². The standard InChI is InChI=1S/C15H21N3O/c1-11-4-3-7-18(11)10-14(19)6-5-13-8-15(16)12(2)17-9-13/h5-6,8-9,11H,3-4,7,10,16H2,1-2H3/b6-5-/t11-/m0/s1. The van der Waals surface area contributed by atoms with Gasteiger partial charge >= 0.3 is 0 Å². The molecule has 2 heterocycles. The fourth-order valence-corrected chi connectivity index (χ4v) is 2.33. The van der Waals surface area contributed by atoms with Crippen molar-refractivity contribution in [2.24, 2.45) is 0 Å². The lowest BCUT2D eigenvalue weighted by molar-refractivity contribution is -0.115. The number of likely N-dealkylation sites (tertiary alicyclic amines) is 1. The van der Waals surface area contributed by atoms with Crippen molar-refractivity contribution in [3.05, 3.63) is 29.6 Å². The number of rotatable bonds is 4. The number of carbonyl (C=O) groups is 1. The van der Waals surface area contributed by atoms with Crippen molar-refractivity contribution in [1.29, 1.82) is 0 Å². The minimum absolute atomic E-state index is 0.132. The molecule has 2 rings (SSSR count). The Morgan fingerprint density at radius 3 is 3.05 bits per heavy atom. The van der Waals surface area contributed by atoms with Gasteiger partial charge in [0.1, 0.15) is 0 Å². The van der Waals surface area contributed by atoms with Crippen LogP contribution in [-0.2, 0) is 4.79 Å². The second kappa shape index (κ2) is 5.97. The molecule has 0 radical (unpaired) electrons. The summed E-state index contributed by atoms with van der Waals surface area (Å²) in [7, 11) is 0. The molecule has 1 fully saturated rings. The average molecular weight is 259 g/mol. The Kier molecular flexibility index (Phi) is 4.32. The molecule has 0 spiro atoms. The summed E-state index contributed by atoms with van der Waals surface area (Å²) in [5.41, 5.74) is 8.12. The van der Waals surface area contributed by atoms with Gasteiger partial charge < -0.3 is 5.73 Å². The van der Waals surface area contributed by atoms with Crippen LogP contribution in [0.25, 0.3) is 6.08 Å². The number of anilines is 1. The summed E-state index contributed by atoms with van der Waals surface area (Å²) in [5, 5.41) is 0. The molecule has 0 saturated carbocycles. The van der Waals surface area contributed by atoms with Gasteiger partial charge in [0.05, 0.1) is 17.9 Å². The number of hydrogen-bond donors (Lipinski definition) is 1. The largest absolute Gasteiger partial charge is 0.397 e. The Labute approximate surface area is 114 Å². The van der Waals surface area contributed by atoms with Gasteiger partial charge in [-0.3, -0.25) is 14.7 Å². The predicted octanol–water partition coefficient (Wildman–Crippen LogP) is 2.04. The van der Waals surface area contributed by atoms with Crippen LogP contribution >= 0.6 is 0 Å². The van der Waals surface area contributed by atoms with Crippen molar-refractivity contribution in [1.82, 2.24) is 9.88 Å². The van der Waals surface area contributed by atoms with E-state index in [1.807, 2.05) is 13.0 Å². The first kappa shape index (κ1) is 13.7. The average Bonchev–Trinajstić information content (AvgIpc) is 2.77. The number of pyridine rings is 1. The number of aryl methyl sites for hydroxylation is 1. The van der Waals surface area contributed by atoms with E-state index in [4.69, 9.17) is 5.73 Å². The minimum Gasteiger partial charge on any atom is -0.397 e. The normalized spacial score (nSPS) is 20.2. The predicted molar refractivity (Wildman–Crippen MR) is 77.7 cm³/mol. The molecule has 1 aromatic rings. The van der Waals surface area contributed by atoms with E-state index in [1.54, 1.807) is 18.3 Å². The Balaban J connectivity index is 1.94. The molecule has 1 aromatic heterocycles. The van der Waals surface area contributed by atoms with Crippen LogP contribution in [0.15, 0.2) is 18.3 Å². The van der Waals surface area contributed by atoms with Crippen LogP contribution in [0.3, 0.4) is 0 Å². The Hall–Kier alpha value is -1.68. The molecular formula is C15H21N3O. The smallest absolute Gasteiger partial charge is 0.169 e. The summed E-state index contributed by atoms with van der Waals surface area (Å²) in [6.45, 7) is 5.57. The molecule has 1 aliphatic heterocycles. The van der Waals surface area contributed by atoms with Gasteiger partial charge in [0.2, 0.25) is 0 Å². The fraction of sp³-hybridized carbons (Fsp3) is 0.467. The molecule has 102 valence electrons. The van der Waals surface area contributed by atoms with Crippen molar-refractivity contribution < 1.29 is 4.79 Å². The summed E-state index contributed by atoms with van der Waals surface area (Å²) in [5.74, 6) is 0.132. The summed E-state index contributed by atoms with van der Waals surface area (Å²) in [4.78, 5) is 18.3. The molecule has 4 nitrogen and oxygen atoms in total. The zero-order valence-corrected chi connectivity index (χ0v) is 11.6. The molecular weight excluding hydrogens is 238 g/mol. The number of aromatic nitrogens is 1. The Bertz CT molecular complexity index is 496. The number of nitrogens with zero attached hydrogens (tertiary/aromatic N) is 2. The topological polar surface area (TPSA) is 59.2 Å². The molecule has 19 heavy (non-hydrogen) atoms. The van der Waals surface area contributed by atoms with Gasteiger partial charge in [-0.05, 0) is 57.0 Å². The summed E-state index contributed by atoms with van der Waals surface area (Å²) in [6.07, 6.45) is 7.52. The minimum atomic E-state index is 0.132. The van der Waals surface area contributed by atoms with Crippen LogP contribution in [-0.4, -0.2) is 34.8 Å². The zero-order chi connectivity index (χ0) is 13.8. The van der Waals surface area contributed by atoms with Crippen molar-refractivity contribution in [2.45, 2.75) is 32.7 Å². The molecule has 1 saturated heterocycles. The lowest BCUT2D eigenvalue weighted by Gasteiger charge is -2.18. The van der Waals surface area contributed by atoms with Gasteiger partial charge in [-0.25, -0.2) is 0 Å². The maximum absolute atomic E-state index is 11.9. The highest BCUT2D eigenvalue weighted by atomic mass is 16.1. The maximum Gasteiger partial charge on any atom is 0.169 e. The molecule has 2 N–H and O–H groups in total. The molecule has 4 heteroatoms. The van der Waals surface area contributed by atoms with Crippen molar-refractivity contribution in [3.63, 3.8) is 0 Å².